The Balaban J connectivity index is 1.79. The molecule has 0 aliphatic rings. The summed E-state index contributed by atoms with van der Waals surface area (Å²) in [7, 11) is 0. The summed E-state index contributed by atoms with van der Waals surface area (Å²) in [4.78, 5) is 3.74. The number of H-pyrrole nitrogens is 1. The Morgan fingerprint density at radius 1 is 0.531 bits per heavy atom. The van der Waals surface area contributed by atoms with Crippen LogP contribution >= 0.6 is 0 Å². The molecule has 0 bridgehead atoms. The van der Waals surface area contributed by atoms with Crippen LogP contribution in [0.3, 0.4) is 0 Å². The van der Waals surface area contributed by atoms with Crippen molar-refractivity contribution in [2.75, 3.05) is 0 Å². The van der Waals surface area contributed by atoms with Crippen molar-refractivity contribution in [3.63, 3.8) is 0 Å². The van der Waals surface area contributed by atoms with E-state index in [-0.39, 0.29) is 0 Å². The molecule has 0 fully saturated rings. The largest absolute Gasteiger partial charge is 0.354 e. The van der Waals surface area contributed by atoms with Gasteiger partial charge >= 0.3 is 0 Å². The van der Waals surface area contributed by atoms with Crippen LogP contribution in [0.5, 0.6) is 0 Å². The molecular formula is C30H20N2. The van der Waals surface area contributed by atoms with Gasteiger partial charge in [0, 0.05) is 38.3 Å². The van der Waals surface area contributed by atoms with Crippen LogP contribution in [0.2, 0.25) is 0 Å². The molecule has 2 nitrogen and oxygen atoms in total. The van der Waals surface area contributed by atoms with E-state index >= 15 is 0 Å². The SMILES string of the molecule is c1ccc(-c2c3[nH]c4ccccc4c3cc3c2c2ccccc2n3-c2ccccc2)cc1. The van der Waals surface area contributed by atoms with Gasteiger partial charge in [0.05, 0.1) is 16.6 Å². The number of para-hydroxylation sites is 3. The number of rotatable bonds is 2. The van der Waals surface area contributed by atoms with Gasteiger partial charge in [-0.2, -0.15) is 0 Å². The summed E-state index contributed by atoms with van der Waals surface area (Å²) in [6.45, 7) is 0. The first kappa shape index (κ1) is 17.4. The Morgan fingerprint density at radius 2 is 1.19 bits per heavy atom. The Morgan fingerprint density at radius 3 is 2.00 bits per heavy atom. The maximum atomic E-state index is 3.74. The second-order valence-corrected chi connectivity index (χ2v) is 8.29. The molecule has 2 heterocycles. The van der Waals surface area contributed by atoms with E-state index < -0.39 is 0 Å². The van der Waals surface area contributed by atoms with Crippen LogP contribution in [0.15, 0.2) is 115 Å². The average Bonchev–Trinajstić information content (AvgIpc) is 3.39. The van der Waals surface area contributed by atoms with Crippen molar-refractivity contribution in [3.8, 4) is 16.8 Å². The van der Waals surface area contributed by atoms with E-state index in [9.17, 15) is 0 Å². The van der Waals surface area contributed by atoms with E-state index in [1.54, 1.807) is 0 Å². The van der Waals surface area contributed by atoms with Crippen molar-refractivity contribution in [1.29, 1.82) is 0 Å². The topological polar surface area (TPSA) is 20.7 Å². The van der Waals surface area contributed by atoms with Crippen molar-refractivity contribution < 1.29 is 0 Å². The van der Waals surface area contributed by atoms with Gasteiger partial charge in [-0.1, -0.05) is 84.9 Å². The third kappa shape index (κ3) is 2.35. The van der Waals surface area contributed by atoms with Crippen LogP contribution in [-0.2, 0) is 0 Å². The fourth-order valence-electron chi connectivity index (χ4n) is 5.18. The molecule has 5 aromatic carbocycles. The normalized spacial score (nSPS) is 11.8. The third-order valence-corrected chi connectivity index (χ3v) is 6.52. The first-order chi connectivity index (χ1) is 15.9. The van der Waals surface area contributed by atoms with Crippen LogP contribution in [-0.4, -0.2) is 9.55 Å². The molecule has 2 heteroatoms. The second-order valence-electron chi connectivity index (χ2n) is 8.29. The van der Waals surface area contributed by atoms with Gasteiger partial charge in [0.2, 0.25) is 0 Å². The van der Waals surface area contributed by atoms with Crippen molar-refractivity contribution in [2.45, 2.75) is 0 Å². The van der Waals surface area contributed by atoms with E-state index in [1.807, 2.05) is 0 Å². The Hall–Kier alpha value is -4.30. The summed E-state index contributed by atoms with van der Waals surface area (Å²) in [5, 5.41) is 5.07. The molecule has 0 saturated heterocycles. The molecule has 7 rings (SSSR count). The molecule has 0 radical (unpaired) electrons. The molecule has 0 atom stereocenters. The minimum absolute atomic E-state index is 1.17. The number of nitrogens with one attached hydrogen (secondary N) is 1. The van der Waals surface area contributed by atoms with Gasteiger partial charge in [-0.3, -0.25) is 0 Å². The fraction of sp³-hybridized carbons (Fsp3) is 0. The molecule has 0 saturated carbocycles. The van der Waals surface area contributed by atoms with Crippen molar-refractivity contribution in [1.82, 2.24) is 9.55 Å². The van der Waals surface area contributed by atoms with Crippen LogP contribution in [0.25, 0.3) is 60.4 Å². The van der Waals surface area contributed by atoms with Crippen LogP contribution in [0, 0.1) is 0 Å². The van der Waals surface area contributed by atoms with E-state index in [2.05, 4.69) is 125 Å². The maximum Gasteiger partial charge on any atom is 0.0555 e. The summed E-state index contributed by atoms with van der Waals surface area (Å²) in [6.07, 6.45) is 0. The third-order valence-electron chi connectivity index (χ3n) is 6.52. The lowest BCUT2D eigenvalue weighted by Crippen LogP contribution is -1.93. The van der Waals surface area contributed by atoms with Gasteiger partial charge < -0.3 is 9.55 Å². The predicted molar refractivity (Wildman–Crippen MR) is 136 cm³/mol. The van der Waals surface area contributed by atoms with Crippen LogP contribution in [0.1, 0.15) is 0 Å². The van der Waals surface area contributed by atoms with Gasteiger partial charge in [0.1, 0.15) is 0 Å². The van der Waals surface area contributed by atoms with Gasteiger partial charge in [0.15, 0.2) is 0 Å². The predicted octanol–water partition coefficient (Wildman–Crippen LogP) is 8.09. The minimum Gasteiger partial charge on any atom is -0.354 e. The number of fused-ring (bicyclic) bond motifs is 6. The summed E-state index contributed by atoms with van der Waals surface area (Å²) < 4.78 is 2.40. The van der Waals surface area contributed by atoms with Crippen molar-refractivity contribution >= 4 is 43.6 Å². The second kappa shape index (κ2) is 6.60. The molecule has 2 aromatic heterocycles. The first-order valence-corrected chi connectivity index (χ1v) is 11.0. The molecule has 150 valence electrons. The number of nitrogens with zero attached hydrogens (tertiary/aromatic N) is 1. The molecule has 0 amide bonds. The summed E-state index contributed by atoms with van der Waals surface area (Å²) in [5.74, 6) is 0. The van der Waals surface area contributed by atoms with Gasteiger partial charge in [-0.15, -0.1) is 0 Å². The standard InChI is InChI=1S/C30H20N2/c1-3-11-20(12-4-1)28-29-23-16-8-10-18-26(23)32(21-13-5-2-6-14-21)27(29)19-24-22-15-7-9-17-25(22)31-30(24)28/h1-19,31H. The highest BCUT2D eigenvalue weighted by molar-refractivity contribution is 6.26. The lowest BCUT2D eigenvalue weighted by atomic mass is 9.96. The lowest BCUT2D eigenvalue weighted by molar-refractivity contribution is 1.18. The molecule has 1 N–H and O–H groups in total. The van der Waals surface area contributed by atoms with E-state index in [0.29, 0.717) is 0 Å². The Kier molecular flexibility index (Phi) is 3.58. The zero-order chi connectivity index (χ0) is 21.1. The number of benzene rings is 5. The highest BCUT2D eigenvalue weighted by Crippen LogP contribution is 2.44. The lowest BCUT2D eigenvalue weighted by Gasteiger charge is -2.10. The van der Waals surface area contributed by atoms with Crippen molar-refractivity contribution in [3.05, 3.63) is 115 Å². The number of hydrogen-bond donors (Lipinski definition) is 1. The van der Waals surface area contributed by atoms with Crippen LogP contribution < -0.4 is 0 Å². The van der Waals surface area contributed by atoms with Gasteiger partial charge in [0.25, 0.3) is 0 Å². The van der Waals surface area contributed by atoms with Crippen LogP contribution in [0.4, 0.5) is 0 Å². The molecule has 7 aromatic rings. The maximum absolute atomic E-state index is 3.74. The highest BCUT2D eigenvalue weighted by atomic mass is 15.0. The quantitative estimate of drug-likeness (QED) is 0.298. The molecular weight excluding hydrogens is 388 g/mol. The zero-order valence-corrected chi connectivity index (χ0v) is 17.4. The smallest absolute Gasteiger partial charge is 0.0555 e. The summed E-state index contributed by atoms with van der Waals surface area (Å²) in [5.41, 5.74) is 8.49. The molecule has 32 heavy (non-hydrogen) atoms. The Bertz CT molecular complexity index is 1750. The van der Waals surface area contributed by atoms with Gasteiger partial charge in [-0.05, 0) is 35.9 Å². The van der Waals surface area contributed by atoms with Crippen molar-refractivity contribution in [2.24, 2.45) is 0 Å². The molecule has 0 unspecified atom stereocenters. The summed E-state index contributed by atoms with van der Waals surface area (Å²) >= 11 is 0. The average molecular weight is 409 g/mol. The number of aromatic amines is 1. The monoisotopic (exact) mass is 408 g/mol. The molecule has 0 spiro atoms. The Labute approximate surface area is 185 Å². The van der Waals surface area contributed by atoms with E-state index in [4.69, 9.17) is 0 Å². The summed E-state index contributed by atoms with van der Waals surface area (Å²) in [6, 6.07) is 41.1. The molecule has 0 aliphatic carbocycles. The van der Waals surface area contributed by atoms with E-state index in [1.165, 1.54) is 60.4 Å². The molecule has 0 aliphatic heterocycles. The van der Waals surface area contributed by atoms with E-state index in [0.717, 1.165) is 0 Å². The fourth-order valence-corrected chi connectivity index (χ4v) is 5.18. The number of aromatic nitrogens is 2. The van der Waals surface area contributed by atoms with Gasteiger partial charge in [-0.25, -0.2) is 0 Å². The highest BCUT2D eigenvalue weighted by Gasteiger charge is 2.20. The minimum atomic E-state index is 1.17. The number of hydrogen-bond acceptors (Lipinski definition) is 0. The zero-order valence-electron chi connectivity index (χ0n) is 17.4. The first-order valence-electron chi connectivity index (χ1n) is 11.0.